The van der Waals surface area contributed by atoms with Crippen LogP contribution in [0.1, 0.15) is 26.2 Å². The van der Waals surface area contributed by atoms with Gasteiger partial charge in [-0.15, -0.1) is 0 Å². The second kappa shape index (κ2) is 3.74. The van der Waals surface area contributed by atoms with E-state index in [4.69, 9.17) is 5.11 Å². The van der Waals surface area contributed by atoms with Crippen LogP contribution in [0.25, 0.3) is 0 Å². The van der Waals surface area contributed by atoms with E-state index in [1.165, 1.54) is 6.08 Å². The molecule has 0 bridgehead atoms. The summed E-state index contributed by atoms with van der Waals surface area (Å²) in [6, 6.07) is 0. The Labute approximate surface area is 81.6 Å². The molecule has 0 spiro atoms. The summed E-state index contributed by atoms with van der Waals surface area (Å²) in [6.07, 6.45) is 3.09. The van der Waals surface area contributed by atoms with Crippen molar-refractivity contribution in [1.82, 2.24) is 0 Å². The van der Waals surface area contributed by atoms with Crippen LogP contribution >= 0.6 is 0 Å². The molecule has 0 radical (unpaired) electrons. The van der Waals surface area contributed by atoms with Gasteiger partial charge in [0.1, 0.15) is 11.6 Å². The molecule has 4 nitrogen and oxygen atoms in total. The van der Waals surface area contributed by atoms with Gasteiger partial charge in [-0.25, -0.2) is 4.79 Å². The molecule has 4 heteroatoms. The molecule has 14 heavy (non-hydrogen) atoms. The Morgan fingerprint density at radius 2 is 1.93 bits per heavy atom. The second-order valence-corrected chi connectivity index (χ2v) is 3.62. The average Bonchev–Trinajstić information content (AvgIpc) is 2.33. The van der Waals surface area contributed by atoms with Crippen molar-refractivity contribution in [2.75, 3.05) is 0 Å². The highest BCUT2D eigenvalue weighted by atomic mass is 16.4. The highest BCUT2D eigenvalue weighted by Gasteiger charge is 2.43. The van der Waals surface area contributed by atoms with E-state index < -0.39 is 11.4 Å². The van der Waals surface area contributed by atoms with E-state index in [1.807, 2.05) is 0 Å². The molecule has 1 N–H and O–H groups in total. The van der Waals surface area contributed by atoms with Gasteiger partial charge >= 0.3 is 5.97 Å². The second-order valence-electron chi connectivity index (χ2n) is 3.62. The zero-order valence-corrected chi connectivity index (χ0v) is 7.95. The molecule has 1 saturated carbocycles. The molecule has 0 heterocycles. The fourth-order valence-corrected chi connectivity index (χ4v) is 1.56. The molecule has 0 saturated heterocycles. The van der Waals surface area contributed by atoms with Gasteiger partial charge in [0, 0.05) is 18.9 Å². The predicted octanol–water partition coefficient (Wildman–Crippen LogP) is 0.956. The number of ketones is 2. The topological polar surface area (TPSA) is 71.4 Å². The van der Waals surface area contributed by atoms with Gasteiger partial charge in [-0.05, 0) is 13.3 Å². The van der Waals surface area contributed by atoms with Crippen molar-refractivity contribution >= 4 is 17.5 Å². The summed E-state index contributed by atoms with van der Waals surface area (Å²) in [5, 5.41) is 8.35. The molecule has 0 atom stereocenters. The van der Waals surface area contributed by atoms with Crippen LogP contribution in [0.4, 0.5) is 0 Å². The number of allylic oxidation sites excluding steroid dienone is 1. The standard InChI is InChI=1S/C10H12O4/c1-10(6-2-3-9(13)14)7(11)4-5-8(10)12/h2-3H,4-6H2,1H3,(H,13,14)/b3-2+. The van der Waals surface area contributed by atoms with Gasteiger partial charge in [0.2, 0.25) is 0 Å². The van der Waals surface area contributed by atoms with Crippen molar-refractivity contribution in [2.24, 2.45) is 5.41 Å². The van der Waals surface area contributed by atoms with Crippen molar-refractivity contribution in [3.8, 4) is 0 Å². The van der Waals surface area contributed by atoms with Gasteiger partial charge in [-0.3, -0.25) is 9.59 Å². The molecule has 0 amide bonds. The molecule has 1 aliphatic rings. The summed E-state index contributed by atoms with van der Waals surface area (Å²) in [4.78, 5) is 32.9. The summed E-state index contributed by atoms with van der Waals surface area (Å²) in [5.74, 6) is -1.23. The van der Waals surface area contributed by atoms with Gasteiger partial charge in [0.15, 0.2) is 0 Å². The van der Waals surface area contributed by atoms with Crippen LogP contribution < -0.4 is 0 Å². The van der Waals surface area contributed by atoms with E-state index in [-0.39, 0.29) is 30.8 Å². The zero-order chi connectivity index (χ0) is 10.8. The lowest BCUT2D eigenvalue weighted by Gasteiger charge is -2.17. The van der Waals surface area contributed by atoms with E-state index in [2.05, 4.69) is 0 Å². The fraction of sp³-hybridized carbons (Fsp3) is 0.500. The van der Waals surface area contributed by atoms with Crippen molar-refractivity contribution in [2.45, 2.75) is 26.2 Å². The lowest BCUT2D eigenvalue weighted by molar-refractivity contribution is -0.134. The maximum Gasteiger partial charge on any atom is 0.327 e. The highest BCUT2D eigenvalue weighted by molar-refractivity contribution is 6.12. The molecule has 1 aliphatic carbocycles. The Bertz CT molecular complexity index is 298. The maximum atomic E-state index is 11.4. The molecule has 1 fully saturated rings. The Kier molecular flexibility index (Phi) is 2.84. The van der Waals surface area contributed by atoms with Crippen LogP contribution in [-0.4, -0.2) is 22.6 Å². The molecule has 1 rings (SSSR count). The third kappa shape index (κ3) is 1.89. The quantitative estimate of drug-likeness (QED) is 0.539. The summed E-state index contributed by atoms with van der Waals surface area (Å²) < 4.78 is 0. The number of carbonyl (C=O) groups excluding carboxylic acids is 2. The molecule has 0 unspecified atom stereocenters. The number of carbonyl (C=O) groups is 3. The highest BCUT2D eigenvalue weighted by Crippen LogP contribution is 2.34. The van der Waals surface area contributed by atoms with Crippen LogP contribution in [0.5, 0.6) is 0 Å². The molecule has 0 aromatic heterocycles. The Hall–Kier alpha value is -1.45. The third-order valence-electron chi connectivity index (χ3n) is 2.60. The summed E-state index contributed by atoms with van der Waals surface area (Å²) >= 11 is 0. The minimum Gasteiger partial charge on any atom is -0.478 e. The van der Waals surface area contributed by atoms with E-state index in [0.29, 0.717) is 0 Å². The summed E-state index contributed by atoms with van der Waals surface area (Å²) in [6.45, 7) is 1.58. The van der Waals surface area contributed by atoms with E-state index in [1.54, 1.807) is 6.92 Å². The van der Waals surface area contributed by atoms with Crippen LogP contribution in [0.3, 0.4) is 0 Å². The monoisotopic (exact) mass is 196 g/mol. The number of carboxylic acid groups (broad SMARTS) is 1. The maximum absolute atomic E-state index is 11.4. The predicted molar refractivity (Wildman–Crippen MR) is 48.7 cm³/mol. The molecule has 0 aliphatic heterocycles. The number of rotatable bonds is 3. The van der Waals surface area contributed by atoms with Crippen molar-refractivity contribution in [3.63, 3.8) is 0 Å². The SMILES string of the molecule is CC1(C/C=C/C(=O)O)C(=O)CCC1=O. The van der Waals surface area contributed by atoms with Gasteiger partial charge in [0.25, 0.3) is 0 Å². The Morgan fingerprint density at radius 3 is 2.36 bits per heavy atom. The first-order valence-corrected chi connectivity index (χ1v) is 4.43. The van der Waals surface area contributed by atoms with Crippen LogP contribution in [0.2, 0.25) is 0 Å². The number of Topliss-reactive ketones (excluding diaryl/α,β-unsaturated/α-hetero) is 2. The molecular weight excluding hydrogens is 184 g/mol. The van der Waals surface area contributed by atoms with Gasteiger partial charge in [0.05, 0.1) is 5.41 Å². The minimum absolute atomic E-state index is 0.0856. The number of aliphatic carboxylic acids is 1. The molecule has 0 aromatic rings. The number of carboxylic acids is 1. The van der Waals surface area contributed by atoms with Crippen LogP contribution in [-0.2, 0) is 14.4 Å². The average molecular weight is 196 g/mol. The van der Waals surface area contributed by atoms with Crippen LogP contribution in [0.15, 0.2) is 12.2 Å². The normalized spacial score (nSPS) is 20.6. The first kappa shape index (κ1) is 10.6. The first-order valence-electron chi connectivity index (χ1n) is 4.43. The molecule has 0 aromatic carbocycles. The largest absolute Gasteiger partial charge is 0.478 e. The molecular formula is C10H12O4. The Balaban J connectivity index is 2.70. The summed E-state index contributed by atoms with van der Waals surface area (Å²) in [7, 11) is 0. The van der Waals surface area contributed by atoms with Gasteiger partial charge in [-0.1, -0.05) is 6.08 Å². The van der Waals surface area contributed by atoms with Gasteiger partial charge < -0.3 is 5.11 Å². The smallest absolute Gasteiger partial charge is 0.327 e. The lowest BCUT2D eigenvalue weighted by Crippen LogP contribution is -2.28. The van der Waals surface area contributed by atoms with Crippen LogP contribution in [0, 0.1) is 5.41 Å². The van der Waals surface area contributed by atoms with Gasteiger partial charge in [-0.2, -0.15) is 0 Å². The van der Waals surface area contributed by atoms with Crippen molar-refractivity contribution in [3.05, 3.63) is 12.2 Å². The number of hydrogen-bond acceptors (Lipinski definition) is 3. The molecule has 76 valence electrons. The lowest BCUT2D eigenvalue weighted by atomic mass is 9.83. The van der Waals surface area contributed by atoms with E-state index >= 15 is 0 Å². The number of hydrogen-bond donors (Lipinski definition) is 1. The fourth-order valence-electron chi connectivity index (χ4n) is 1.56. The van der Waals surface area contributed by atoms with E-state index in [0.717, 1.165) is 6.08 Å². The third-order valence-corrected chi connectivity index (χ3v) is 2.60. The minimum atomic E-state index is -1.06. The van der Waals surface area contributed by atoms with Crippen molar-refractivity contribution < 1.29 is 19.5 Å². The Morgan fingerprint density at radius 1 is 1.43 bits per heavy atom. The van der Waals surface area contributed by atoms with Crippen molar-refractivity contribution in [1.29, 1.82) is 0 Å². The summed E-state index contributed by atoms with van der Waals surface area (Å²) in [5.41, 5.74) is -0.980. The van der Waals surface area contributed by atoms with E-state index in [9.17, 15) is 14.4 Å². The zero-order valence-electron chi connectivity index (χ0n) is 7.95. The first-order chi connectivity index (χ1) is 6.47.